The van der Waals surface area contributed by atoms with Crippen LogP contribution in [0.2, 0.25) is 0 Å². The Morgan fingerprint density at radius 2 is 1.59 bits per heavy atom. The minimum atomic E-state index is -3.53. The summed E-state index contributed by atoms with van der Waals surface area (Å²) >= 11 is 0. The maximum Gasteiger partial charge on any atom is 0.254 e. The second kappa shape index (κ2) is 8.74. The standard InChI is InChI=1S/C21H32N2O3S/c1-17-12-13-19(27(25,26)23-14-8-5-9-15-23)16-20(17)21(24)22(2)18-10-6-3-4-7-11-18/h12-13,16,18H,3-11,14-15H2,1-2H3. The number of carbonyl (C=O) groups excluding carboxylic acids is 1. The zero-order valence-corrected chi connectivity index (χ0v) is 17.4. The molecule has 150 valence electrons. The molecule has 3 rings (SSSR count). The van der Waals surface area contributed by atoms with Gasteiger partial charge in [-0.1, -0.05) is 38.2 Å². The van der Waals surface area contributed by atoms with Gasteiger partial charge in [0, 0.05) is 31.7 Å². The first kappa shape index (κ1) is 20.3. The number of rotatable bonds is 4. The Labute approximate surface area is 163 Å². The Kier molecular flexibility index (Phi) is 6.58. The van der Waals surface area contributed by atoms with Gasteiger partial charge in [0.05, 0.1) is 4.90 Å². The summed E-state index contributed by atoms with van der Waals surface area (Å²) in [7, 11) is -1.66. The molecule has 1 saturated heterocycles. The van der Waals surface area contributed by atoms with Gasteiger partial charge in [-0.2, -0.15) is 4.31 Å². The third-order valence-corrected chi connectivity index (χ3v) is 7.98. The molecule has 0 unspecified atom stereocenters. The van der Waals surface area contributed by atoms with Gasteiger partial charge in [-0.05, 0) is 50.3 Å². The van der Waals surface area contributed by atoms with Crippen LogP contribution in [0.1, 0.15) is 73.7 Å². The van der Waals surface area contributed by atoms with E-state index < -0.39 is 10.0 Å². The van der Waals surface area contributed by atoms with Crippen LogP contribution in [0.25, 0.3) is 0 Å². The van der Waals surface area contributed by atoms with Gasteiger partial charge in [0.1, 0.15) is 0 Å². The van der Waals surface area contributed by atoms with Crippen molar-refractivity contribution in [3.8, 4) is 0 Å². The SMILES string of the molecule is Cc1ccc(S(=O)(=O)N2CCCCC2)cc1C(=O)N(C)C1CCCCCC1. The van der Waals surface area contributed by atoms with E-state index in [1.807, 2.05) is 18.9 Å². The zero-order valence-electron chi connectivity index (χ0n) is 16.6. The second-order valence-electron chi connectivity index (χ2n) is 8.00. The van der Waals surface area contributed by atoms with Gasteiger partial charge < -0.3 is 4.90 Å². The summed E-state index contributed by atoms with van der Waals surface area (Å²) in [6.07, 6.45) is 9.75. The Balaban J connectivity index is 1.85. The quantitative estimate of drug-likeness (QED) is 0.729. The van der Waals surface area contributed by atoms with Gasteiger partial charge in [-0.25, -0.2) is 8.42 Å². The monoisotopic (exact) mass is 392 g/mol. The molecule has 5 nitrogen and oxygen atoms in total. The molecule has 1 aromatic rings. The molecule has 0 aromatic heterocycles. The highest BCUT2D eigenvalue weighted by atomic mass is 32.2. The van der Waals surface area contributed by atoms with E-state index in [1.165, 1.54) is 12.8 Å². The topological polar surface area (TPSA) is 57.7 Å². The third-order valence-electron chi connectivity index (χ3n) is 6.09. The van der Waals surface area contributed by atoms with Crippen molar-refractivity contribution in [1.82, 2.24) is 9.21 Å². The van der Waals surface area contributed by atoms with E-state index in [-0.39, 0.29) is 16.8 Å². The summed E-state index contributed by atoms with van der Waals surface area (Å²) in [6, 6.07) is 5.25. The van der Waals surface area contributed by atoms with Crippen molar-refractivity contribution in [1.29, 1.82) is 0 Å². The summed E-state index contributed by atoms with van der Waals surface area (Å²) in [6.45, 7) is 3.02. The van der Waals surface area contributed by atoms with Crippen molar-refractivity contribution in [3.05, 3.63) is 29.3 Å². The number of piperidine rings is 1. The van der Waals surface area contributed by atoms with Crippen LogP contribution in [-0.2, 0) is 10.0 Å². The van der Waals surface area contributed by atoms with Gasteiger partial charge in [-0.3, -0.25) is 4.79 Å². The molecule has 2 aliphatic rings. The van der Waals surface area contributed by atoms with Crippen LogP contribution in [0.4, 0.5) is 0 Å². The number of benzene rings is 1. The first-order valence-electron chi connectivity index (χ1n) is 10.3. The molecule has 0 radical (unpaired) electrons. The minimum absolute atomic E-state index is 0.0601. The smallest absolute Gasteiger partial charge is 0.254 e. The number of hydrogen-bond donors (Lipinski definition) is 0. The molecule has 0 atom stereocenters. The number of sulfonamides is 1. The number of aryl methyl sites for hydroxylation is 1. The van der Waals surface area contributed by atoms with Crippen molar-refractivity contribution in [2.24, 2.45) is 0 Å². The Morgan fingerprint density at radius 1 is 1.00 bits per heavy atom. The van der Waals surface area contributed by atoms with Crippen LogP contribution < -0.4 is 0 Å². The van der Waals surface area contributed by atoms with E-state index in [9.17, 15) is 13.2 Å². The maximum absolute atomic E-state index is 13.1. The summed E-state index contributed by atoms with van der Waals surface area (Å²) in [5.41, 5.74) is 1.35. The van der Waals surface area contributed by atoms with Gasteiger partial charge in [0.15, 0.2) is 0 Å². The highest BCUT2D eigenvalue weighted by molar-refractivity contribution is 7.89. The number of carbonyl (C=O) groups is 1. The molecule has 1 aliphatic carbocycles. The van der Waals surface area contributed by atoms with Gasteiger partial charge >= 0.3 is 0 Å². The van der Waals surface area contributed by atoms with Gasteiger partial charge in [-0.15, -0.1) is 0 Å². The predicted octanol–water partition coefficient (Wildman–Crippen LogP) is 3.96. The van der Waals surface area contributed by atoms with Crippen LogP contribution in [0.15, 0.2) is 23.1 Å². The highest BCUT2D eigenvalue weighted by Gasteiger charge is 2.28. The second-order valence-corrected chi connectivity index (χ2v) is 9.94. The first-order chi connectivity index (χ1) is 12.9. The number of nitrogens with zero attached hydrogens (tertiary/aromatic N) is 2. The summed E-state index contributed by atoms with van der Waals surface area (Å²) in [5.74, 6) is -0.0601. The van der Waals surface area contributed by atoms with Crippen molar-refractivity contribution in [3.63, 3.8) is 0 Å². The molecule has 27 heavy (non-hydrogen) atoms. The Morgan fingerprint density at radius 3 is 2.22 bits per heavy atom. The normalized spacial score (nSPS) is 20.2. The van der Waals surface area contributed by atoms with Gasteiger partial charge in [0.2, 0.25) is 10.0 Å². The Hall–Kier alpha value is -1.40. The molecule has 1 aromatic carbocycles. The van der Waals surface area contributed by atoms with Crippen LogP contribution in [0, 0.1) is 6.92 Å². The van der Waals surface area contributed by atoms with E-state index >= 15 is 0 Å². The Bertz CT molecular complexity index is 762. The maximum atomic E-state index is 13.1. The average molecular weight is 393 g/mol. The number of amides is 1. The van der Waals surface area contributed by atoms with E-state index in [1.54, 1.807) is 22.5 Å². The molecule has 1 heterocycles. The van der Waals surface area contributed by atoms with E-state index in [0.717, 1.165) is 50.5 Å². The van der Waals surface area contributed by atoms with E-state index in [0.29, 0.717) is 18.7 Å². The lowest BCUT2D eigenvalue weighted by molar-refractivity contribution is 0.0716. The van der Waals surface area contributed by atoms with Crippen LogP contribution in [0.5, 0.6) is 0 Å². The molecular weight excluding hydrogens is 360 g/mol. The fourth-order valence-electron chi connectivity index (χ4n) is 4.25. The molecule has 1 amide bonds. The first-order valence-corrected chi connectivity index (χ1v) is 11.7. The molecule has 0 spiro atoms. The molecule has 6 heteroatoms. The largest absolute Gasteiger partial charge is 0.339 e. The molecule has 0 bridgehead atoms. The van der Waals surface area contributed by atoms with Crippen molar-refractivity contribution < 1.29 is 13.2 Å². The van der Waals surface area contributed by atoms with Crippen LogP contribution in [-0.4, -0.2) is 49.7 Å². The molecular formula is C21H32N2O3S. The van der Waals surface area contributed by atoms with E-state index in [2.05, 4.69) is 0 Å². The third kappa shape index (κ3) is 4.54. The molecule has 1 saturated carbocycles. The average Bonchev–Trinajstić information content (AvgIpc) is 2.97. The lowest BCUT2D eigenvalue weighted by Gasteiger charge is -2.29. The molecule has 2 fully saturated rings. The van der Waals surface area contributed by atoms with Crippen molar-refractivity contribution in [2.75, 3.05) is 20.1 Å². The zero-order chi connectivity index (χ0) is 19.4. The van der Waals surface area contributed by atoms with Crippen LogP contribution >= 0.6 is 0 Å². The number of hydrogen-bond acceptors (Lipinski definition) is 3. The van der Waals surface area contributed by atoms with Crippen molar-refractivity contribution >= 4 is 15.9 Å². The van der Waals surface area contributed by atoms with E-state index in [4.69, 9.17) is 0 Å². The lowest BCUT2D eigenvalue weighted by atomic mass is 10.0. The highest BCUT2D eigenvalue weighted by Crippen LogP contribution is 2.26. The van der Waals surface area contributed by atoms with Gasteiger partial charge in [0.25, 0.3) is 5.91 Å². The summed E-state index contributed by atoms with van der Waals surface area (Å²) < 4.78 is 27.5. The summed E-state index contributed by atoms with van der Waals surface area (Å²) in [4.78, 5) is 15.2. The predicted molar refractivity (Wildman–Crippen MR) is 107 cm³/mol. The molecule has 0 N–H and O–H groups in total. The molecule has 1 aliphatic heterocycles. The lowest BCUT2D eigenvalue weighted by Crippen LogP contribution is -2.38. The fourth-order valence-corrected chi connectivity index (χ4v) is 5.79. The minimum Gasteiger partial charge on any atom is -0.339 e. The van der Waals surface area contributed by atoms with Crippen LogP contribution in [0.3, 0.4) is 0 Å². The summed E-state index contributed by atoms with van der Waals surface area (Å²) in [5, 5.41) is 0. The fraction of sp³-hybridized carbons (Fsp3) is 0.667. The van der Waals surface area contributed by atoms with Crippen molar-refractivity contribution in [2.45, 2.75) is 75.6 Å².